The average Bonchev–Trinajstić information content (AvgIpc) is 3.30. The molecule has 2 heterocycles. The maximum absolute atomic E-state index is 12.1. The molecule has 1 atom stereocenters. The van der Waals surface area contributed by atoms with E-state index in [-0.39, 0.29) is 17.5 Å². The minimum Gasteiger partial charge on any atom is -0.459 e. The Labute approximate surface area is 159 Å². The van der Waals surface area contributed by atoms with E-state index in [0.29, 0.717) is 17.8 Å². The molecule has 2 aromatic heterocycles. The second kappa shape index (κ2) is 9.67. The van der Waals surface area contributed by atoms with Gasteiger partial charge >= 0.3 is 5.97 Å². The van der Waals surface area contributed by atoms with Crippen LogP contribution in [-0.4, -0.2) is 42.8 Å². The summed E-state index contributed by atoms with van der Waals surface area (Å²) in [6.07, 6.45) is 1.97. The lowest BCUT2D eigenvalue weighted by molar-refractivity contribution is -0.144. The fourth-order valence-electron chi connectivity index (χ4n) is 2.09. The molecule has 2 rings (SSSR count). The third-order valence-corrected chi connectivity index (χ3v) is 4.66. The normalized spacial score (nSPS) is 11.5. The average molecular weight is 392 g/mol. The maximum Gasteiger partial charge on any atom is 0.328 e. The third kappa shape index (κ3) is 6.37. The Balaban J connectivity index is 1.77. The van der Waals surface area contributed by atoms with E-state index in [0.717, 1.165) is 4.88 Å². The molecule has 2 N–H and O–H groups in total. The van der Waals surface area contributed by atoms with E-state index in [1.165, 1.54) is 37.5 Å². The van der Waals surface area contributed by atoms with Gasteiger partial charge in [0.15, 0.2) is 12.4 Å². The number of nitrogens with one attached hydrogen (secondary N) is 2. The molecular weight excluding hydrogens is 372 g/mol. The summed E-state index contributed by atoms with van der Waals surface area (Å²) in [5.74, 6) is -1.62. The molecule has 144 valence electrons. The molecule has 0 bridgehead atoms. The highest BCUT2D eigenvalue weighted by Crippen LogP contribution is 2.17. The Hall–Kier alpha value is -2.94. The first-order valence-corrected chi connectivity index (χ1v) is 9.06. The molecule has 0 aliphatic carbocycles. The predicted octanol–water partition coefficient (Wildman–Crippen LogP) is 1.56. The molecule has 2 aromatic rings. The maximum atomic E-state index is 12.1. The van der Waals surface area contributed by atoms with Crippen molar-refractivity contribution in [1.29, 1.82) is 0 Å². The van der Waals surface area contributed by atoms with Gasteiger partial charge in [-0.15, -0.1) is 11.3 Å². The highest BCUT2D eigenvalue weighted by Gasteiger charge is 2.21. The Kier molecular flexibility index (Phi) is 7.30. The molecule has 0 unspecified atom stereocenters. The number of ketones is 1. The van der Waals surface area contributed by atoms with E-state index >= 15 is 0 Å². The molecule has 0 saturated heterocycles. The van der Waals surface area contributed by atoms with Crippen LogP contribution in [0.2, 0.25) is 0 Å². The first-order chi connectivity index (χ1) is 12.9. The molecule has 8 nitrogen and oxygen atoms in total. The number of hydrogen-bond donors (Lipinski definition) is 2. The van der Waals surface area contributed by atoms with Crippen molar-refractivity contribution in [3.8, 4) is 0 Å². The van der Waals surface area contributed by atoms with Crippen LogP contribution in [0.4, 0.5) is 0 Å². The van der Waals surface area contributed by atoms with Gasteiger partial charge in [-0.3, -0.25) is 14.4 Å². The zero-order valence-corrected chi connectivity index (χ0v) is 15.8. The van der Waals surface area contributed by atoms with Crippen LogP contribution in [0.1, 0.15) is 39.0 Å². The van der Waals surface area contributed by atoms with Crippen LogP contribution in [-0.2, 0) is 20.7 Å². The molecule has 27 heavy (non-hydrogen) atoms. The van der Waals surface area contributed by atoms with Crippen molar-refractivity contribution in [3.63, 3.8) is 0 Å². The largest absolute Gasteiger partial charge is 0.459 e. The molecule has 0 aromatic carbocycles. The van der Waals surface area contributed by atoms with E-state index in [2.05, 4.69) is 10.6 Å². The second-order valence-electron chi connectivity index (χ2n) is 5.70. The molecule has 9 heteroatoms. The summed E-state index contributed by atoms with van der Waals surface area (Å²) in [7, 11) is 0. The van der Waals surface area contributed by atoms with E-state index in [9.17, 15) is 19.2 Å². The summed E-state index contributed by atoms with van der Waals surface area (Å²) in [5, 5.41) is 5.11. The highest BCUT2D eigenvalue weighted by molar-refractivity contribution is 7.14. The predicted molar refractivity (Wildman–Crippen MR) is 97.6 cm³/mol. The Morgan fingerprint density at radius 2 is 2.00 bits per heavy atom. The van der Waals surface area contributed by atoms with Gasteiger partial charge in [0, 0.05) is 18.3 Å². The van der Waals surface area contributed by atoms with Gasteiger partial charge in [0.2, 0.25) is 11.7 Å². The summed E-state index contributed by atoms with van der Waals surface area (Å²) in [6, 6.07) is 5.56. The number of carbonyl (C=O) groups excluding carboxylic acids is 4. The first-order valence-electron chi connectivity index (χ1n) is 8.24. The van der Waals surface area contributed by atoms with Gasteiger partial charge in [-0.1, -0.05) is 0 Å². The molecule has 0 aliphatic heterocycles. The lowest BCUT2D eigenvalue weighted by Crippen LogP contribution is -2.40. The van der Waals surface area contributed by atoms with Crippen molar-refractivity contribution < 1.29 is 28.3 Å². The van der Waals surface area contributed by atoms with Crippen LogP contribution >= 0.6 is 11.3 Å². The van der Waals surface area contributed by atoms with Crippen LogP contribution < -0.4 is 10.6 Å². The lowest BCUT2D eigenvalue weighted by atomic mass is 10.3. The zero-order valence-electron chi connectivity index (χ0n) is 14.9. The van der Waals surface area contributed by atoms with Gasteiger partial charge in [-0.2, -0.15) is 0 Å². The molecule has 2 amide bonds. The fourth-order valence-corrected chi connectivity index (χ4v) is 3.02. The second-order valence-corrected chi connectivity index (χ2v) is 6.87. The number of ether oxygens (including phenoxy) is 1. The van der Waals surface area contributed by atoms with E-state index in [1.54, 1.807) is 18.2 Å². The zero-order chi connectivity index (χ0) is 19.8. The highest BCUT2D eigenvalue weighted by atomic mass is 32.1. The number of thiophene rings is 1. The van der Waals surface area contributed by atoms with Crippen molar-refractivity contribution in [3.05, 3.63) is 46.0 Å². The third-order valence-electron chi connectivity index (χ3n) is 3.47. The van der Waals surface area contributed by atoms with Gasteiger partial charge < -0.3 is 19.8 Å². The van der Waals surface area contributed by atoms with Gasteiger partial charge in [-0.25, -0.2) is 4.79 Å². The number of esters is 1. The standard InChI is InChI=1S/C18H20N2O6S/c1-11(20-17(23)15-4-3-9-25-15)18(24)26-10-14(22)16-6-5-13(27-16)7-8-19-12(2)21/h3-6,9,11H,7-8,10H2,1-2H3,(H,19,21)(H,20,23)/t11-/m0/s1. The van der Waals surface area contributed by atoms with E-state index in [1.807, 2.05) is 0 Å². The monoisotopic (exact) mass is 392 g/mol. The van der Waals surface area contributed by atoms with Crippen LogP contribution in [0.15, 0.2) is 34.9 Å². The molecule has 0 aliphatic rings. The van der Waals surface area contributed by atoms with Gasteiger partial charge in [0.05, 0.1) is 11.1 Å². The topological polar surface area (TPSA) is 115 Å². The first kappa shape index (κ1) is 20.4. The molecule has 0 spiro atoms. The summed E-state index contributed by atoms with van der Waals surface area (Å²) in [6.45, 7) is 2.98. The molecular formula is C18H20N2O6S. The molecule has 0 fully saturated rings. The molecule has 0 radical (unpaired) electrons. The number of hydrogen-bond acceptors (Lipinski definition) is 7. The van der Waals surface area contributed by atoms with Gasteiger partial charge in [-0.05, 0) is 37.6 Å². The minimum absolute atomic E-state index is 0.0797. The van der Waals surface area contributed by atoms with E-state index in [4.69, 9.17) is 9.15 Å². The number of furan rings is 1. The SMILES string of the molecule is CC(=O)NCCc1ccc(C(=O)COC(=O)[C@H](C)NC(=O)c2ccco2)s1. The van der Waals surface area contributed by atoms with E-state index < -0.39 is 24.5 Å². The number of amides is 2. The van der Waals surface area contributed by atoms with Crippen molar-refractivity contribution in [2.45, 2.75) is 26.3 Å². The Morgan fingerprint density at radius 3 is 2.67 bits per heavy atom. The fraction of sp³-hybridized carbons (Fsp3) is 0.333. The Morgan fingerprint density at radius 1 is 1.22 bits per heavy atom. The minimum atomic E-state index is -0.924. The van der Waals surface area contributed by atoms with Crippen molar-refractivity contribution in [2.24, 2.45) is 0 Å². The number of carbonyl (C=O) groups is 4. The number of rotatable bonds is 9. The van der Waals surface area contributed by atoms with Crippen molar-refractivity contribution >= 4 is 34.9 Å². The number of Topliss-reactive ketones (excluding diaryl/α,β-unsaturated/α-hetero) is 1. The van der Waals surface area contributed by atoms with Crippen LogP contribution in [0.5, 0.6) is 0 Å². The summed E-state index contributed by atoms with van der Waals surface area (Å²) in [5.41, 5.74) is 0. The smallest absolute Gasteiger partial charge is 0.328 e. The molecule has 0 saturated carbocycles. The summed E-state index contributed by atoms with van der Waals surface area (Å²) >= 11 is 1.29. The van der Waals surface area contributed by atoms with Crippen LogP contribution in [0.3, 0.4) is 0 Å². The van der Waals surface area contributed by atoms with Crippen LogP contribution in [0, 0.1) is 0 Å². The van der Waals surface area contributed by atoms with Crippen molar-refractivity contribution in [2.75, 3.05) is 13.2 Å². The summed E-state index contributed by atoms with van der Waals surface area (Å²) in [4.78, 5) is 48.1. The van der Waals surface area contributed by atoms with Crippen molar-refractivity contribution in [1.82, 2.24) is 10.6 Å². The Bertz CT molecular complexity index is 812. The quantitative estimate of drug-likeness (QED) is 0.494. The van der Waals surface area contributed by atoms with Gasteiger partial charge in [0.25, 0.3) is 5.91 Å². The summed E-state index contributed by atoms with van der Waals surface area (Å²) < 4.78 is 9.91. The van der Waals surface area contributed by atoms with Gasteiger partial charge in [0.1, 0.15) is 6.04 Å². The lowest BCUT2D eigenvalue weighted by Gasteiger charge is -2.11. The van der Waals surface area contributed by atoms with Crippen LogP contribution in [0.25, 0.3) is 0 Å².